The van der Waals surface area contributed by atoms with Gasteiger partial charge >= 0.3 is 0 Å². The van der Waals surface area contributed by atoms with Gasteiger partial charge in [0, 0.05) is 20.2 Å². The minimum absolute atomic E-state index is 0.0570. The third-order valence-corrected chi connectivity index (χ3v) is 5.58. The van der Waals surface area contributed by atoms with Crippen LogP contribution in [0.1, 0.15) is 24.1 Å². The first kappa shape index (κ1) is 21.7. The second-order valence-corrected chi connectivity index (χ2v) is 7.87. The lowest BCUT2D eigenvalue weighted by molar-refractivity contribution is -0.139. The number of amides is 2. The van der Waals surface area contributed by atoms with Crippen LogP contribution in [0.15, 0.2) is 60.8 Å². The molecule has 0 unspecified atom stereocenters. The Morgan fingerprint density at radius 3 is 2.59 bits per heavy atom. The molecule has 8 heteroatoms. The number of methoxy groups -OCH3 is 1. The Hall–Kier alpha value is -3.52. The molecule has 2 heterocycles. The summed E-state index contributed by atoms with van der Waals surface area (Å²) in [5, 5.41) is 10.9. The fraction of sp³-hybridized carbons (Fsp3) is 0.333. The molecule has 0 aliphatic carbocycles. The molecule has 2 amide bonds. The van der Waals surface area contributed by atoms with Gasteiger partial charge < -0.3 is 15.0 Å². The predicted octanol–water partition coefficient (Wildman–Crippen LogP) is 2.40. The fourth-order valence-corrected chi connectivity index (χ4v) is 3.95. The number of benzene rings is 2. The molecule has 1 fully saturated rings. The third-order valence-electron chi connectivity index (χ3n) is 5.58. The van der Waals surface area contributed by atoms with E-state index in [0.29, 0.717) is 31.8 Å². The lowest BCUT2D eigenvalue weighted by Crippen LogP contribution is -2.46. The molecule has 0 radical (unpaired) electrons. The van der Waals surface area contributed by atoms with Crippen LogP contribution in [0.25, 0.3) is 11.1 Å². The molecule has 0 spiro atoms. The molecule has 166 valence electrons. The molecule has 1 saturated heterocycles. The Labute approximate surface area is 187 Å². The zero-order chi connectivity index (χ0) is 22.3. The van der Waals surface area contributed by atoms with E-state index in [-0.39, 0.29) is 18.4 Å². The molecule has 0 saturated carbocycles. The molecule has 32 heavy (non-hydrogen) atoms. The van der Waals surface area contributed by atoms with E-state index in [1.54, 1.807) is 18.2 Å². The van der Waals surface area contributed by atoms with Crippen molar-refractivity contribution in [2.24, 2.45) is 0 Å². The smallest absolute Gasteiger partial charge is 0.245 e. The Bertz CT molecular complexity index is 1050. The van der Waals surface area contributed by atoms with Gasteiger partial charge in [0.1, 0.15) is 18.3 Å². The van der Waals surface area contributed by atoms with Gasteiger partial charge in [0.05, 0.1) is 12.8 Å². The Balaban J connectivity index is 1.31. The van der Waals surface area contributed by atoms with Crippen LogP contribution in [0.2, 0.25) is 0 Å². The molecule has 1 aromatic heterocycles. The van der Waals surface area contributed by atoms with Crippen LogP contribution < -0.4 is 5.32 Å². The van der Waals surface area contributed by atoms with Gasteiger partial charge in [0.2, 0.25) is 11.8 Å². The van der Waals surface area contributed by atoms with Crippen molar-refractivity contribution in [3.05, 3.63) is 72.1 Å². The predicted molar refractivity (Wildman–Crippen MR) is 119 cm³/mol. The number of rotatable bonds is 8. The summed E-state index contributed by atoms with van der Waals surface area (Å²) in [6.45, 7) is 1.40. The summed E-state index contributed by atoms with van der Waals surface area (Å²) in [5.41, 5.74) is 3.97. The lowest BCUT2D eigenvalue weighted by atomic mass is 10.0. The molecule has 0 bridgehead atoms. The van der Waals surface area contributed by atoms with Crippen molar-refractivity contribution in [1.82, 2.24) is 25.2 Å². The maximum atomic E-state index is 12.8. The number of ether oxygens (including phenoxy) is 1. The van der Waals surface area contributed by atoms with E-state index in [9.17, 15) is 9.59 Å². The van der Waals surface area contributed by atoms with Gasteiger partial charge in [-0.1, -0.05) is 59.8 Å². The van der Waals surface area contributed by atoms with E-state index < -0.39 is 6.04 Å². The zero-order valence-corrected chi connectivity index (χ0v) is 18.1. The molecule has 4 rings (SSSR count). The molecule has 3 aromatic rings. The minimum atomic E-state index is -0.451. The van der Waals surface area contributed by atoms with Gasteiger partial charge in [-0.15, -0.1) is 5.10 Å². The van der Waals surface area contributed by atoms with E-state index in [4.69, 9.17) is 4.74 Å². The highest BCUT2D eigenvalue weighted by Crippen LogP contribution is 2.20. The van der Waals surface area contributed by atoms with E-state index in [1.165, 1.54) is 4.68 Å². The standard InChI is InChI=1S/C24H27N5O3/c1-32-17-21-15-28(27-26-21)16-23(30)29-13-5-8-22(29)24(31)25-14-18-9-11-20(12-10-18)19-6-3-2-4-7-19/h2-4,6-7,9-12,15,22H,5,8,13-14,16-17H2,1H3,(H,25,31)/t22-/m0/s1. The number of aromatic nitrogens is 3. The second kappa shape index (κ2) is 10.2. The number of carbonyl (C=O) groups excluding carboxylic acids is 2. The Kier molecular flexibility index (Phi) is 6.91. The number of carbonyl (C=O) groups is 2. The molecule has 1 atom stereocenters. The largest absolute Gasteiger partial charge is 0.378 e. The van der Waals surface area contributed by atoms with Crippen LogP contribution in [0.3, 0.4) is 0 Å². The van der Waals surface area contributed by atoms with Crippen molar-refractivity contribution in [3.63, 3.8) is 0 Å². The van der Waals surface area contributed by atoms with Gasteiger partial charge in [-0.05, 0) is 29.5 Å². The summed E-state index contributed by atoms with van der Waals surface area (Å²) in [4.78, 5) is 27.2. The van der Waals surface area contributed by atoms with E-state index in [2.05, 4.69) is 39.9 Å². The van der Waals surface area contributed by atoms with Crippen LogP contribution >= 0.6 is 0 Å². The number of likely N-dealkylation sites (tertiary alicyclic amines) is 1. The average molecular weight is 434 g/mol. The quantitative estimate of drug-likeness (QED) is 0.589. The maximum absolute atomic E-state index is 12.8. The van der Waals surface area contributed by atoms with Gasteiger partial charge in [0.25, 0.3) is 0 Å². The number of hydrogen-bond acceptors (Lipinski definition) is 5. The third kappa shape index (κ3) is 5.20. The summed E-state index contributed by atoms with van der Waals surface area (Å²) in [7, 11) is 1.58. The first-order valence-electron chi connectivity index (χ1n) is 10.7. The summed E-state index contributed by atoms with van der Waals surface area (Å²) in [6.07, 6.45) is 3.16. The van der Waals surface area contributed by atoms with Gasteiger partial charge in [0.15, 0.2) is 0 Å². The molecule has 8 nitrogen and oxygen atoms in total. The van der Waals surface area contributed by atoms with Crippen molar-refractivity contribution in [1.29, 1.82) is 0 Å². The Morgan fingerprint density at radius 1 is 1.09 bits per heavy atom. The molecule has 1 aliphatic rings. The second-order valence-electron chi connectivity index (χ2n) is 7.87. The van der Waals surface area contributed by atoms with Crippen LogP contribution in [-0.4, -0.2) is 51.4 Å². The van der Waals surface area contributed by atoms with Crippen LogP contribution in [-0.2, 0) is 34.0 Å². The normalized spacial score (nSPS) is 15.7. The van der Waals surface area contributed by atoms with E-state index >= 15 is 0 Å². The summed E-state index contributed by atoms with van der Waals surface area (Å²) >= 11 is 0. The van der Waals surface area contributed by atoms with E-state index in [0.717, 1.165) is 23.1 Å². The van der Waals surface area contributed by atoms with Crippen molar-refractivity contribution in [2.45, 2.75) is 38.6 Å². The average Bonchev–Trinajstić information content (AvgIpc) is 3.48. The van der Waals surface area contributed by atoms with Crippen molar-refractivity contribution in [3.8, 4) is 11.1 Å². The fourth-order valence-electron chi connectivity index (χ4n) is 3.95. The zero-order valence-electron chi connectivity index (χ0n) is 18.1. The topological polar surface area (TPSA) is 89.4 Å². The van der Waals surface area contributed by atoms with Crippen LogP contribution in [0.5, 0.6) is 0 Å². The summed E-state index contributed by atoms with van der Waals surface area (Å²) < 4.78 is 6.51. The van der Waals surface area contributed by atoms with Crippen molar-refractivity contribution < 1.29 is 14.3 Å². The molecule has 1 N–H and O–H groups in total. The lowest BCUT2D eigenvalue weighted by Gasteiger charge is -2.24. The highest BCUT2D eigenvalue weighted by Gasteiger charge is 2.34. The van der Waals surface area contributed by atoms with E-state index in [1.807, 2.05) is 30.3 Å². The van der Waals surface area contributed by atoms with Gasteiger partial charge in [-0.2, -0.15) is 0 Å². The highest BCUT2D eigenvalue weighted by atomic mass is 16.5. The van der Waals surface area contributed by atoms with Gasteiger partial charge in [-0.25, -0.2) is 4.68 Å². The summed E-state index contributed by atoms with van der Waals surface area (Å²) in [5.74, 6) is -0.259. The first-order chi connectivity index (χ1) is 15.6. The Morgan fingerprint density at radius 2 is 1.84 bits per heavy atom. The van der Waals surface area contributed by atoms with Crippen LogP contribution in [0, 0.1) is 0 Å². The molecular formula is C24H27N5O3. The molecule has 1 aliphatic heterocycles. The molecule has 2 aromatic carbocycles. The summed E-state index contributed by atoms with van der Waals surface area (Å²) in [6, 6.07) is 17.9. The van der Waals surface area contributed by atoms with Crippen molar-refractivity contribution >= 4 is 11.8 Å². The number of nitrogens with one attached hydrogen (secondary N) is 1. The first-order valence-corrected chi connectivity index (χ1v) is 10.7. The minimum Gasteiger partial charge on any atom is -0.378 e. The maximum Gasteiger partial charge on any atom is 0.245 e. The SMILES string of the molecule is COCc1cn(CC(=O)N2CCC[C@H]2C(=O)NCc2ccc(-c3ccccc3)cc2)nn1. The number of hydrogen-bond donors (Lipinski definition) is 1. The van der Waals surface area contributed by atoms with Gasteiger partial charge in [-0.3, -0.25) is 9.59 Å². The number of nitrogens with zero attached hydrogens (tertiary/aromatic N) is 4. The monoisotopic (exact) mass is 433 g/mol. The van der Waals surface area contributed by atoms with Crippen molar-refractivity contribution in [2.75, 3.05) is 13.7 Å². The highest BCUT2D eigenvalue weighted by molar-refractivity contribution is 5.88. The molecular weight excluding hydrogens is 406 g/mol. The van der Waals surface area contributed by atoms with Crippen LogP contribution in [0.4, 0.5) is 0 Å².